The third-order valence-electron chi connectivity index (χ3n) is 4.30. The molecule has 0 amide bonds. The van der Waals surface area contributed by atoms with Crippen molar-refractivity contribution in [1.29, 1.82) is 0 Å². The van der Waals surface area contributed by atoms with Gasteiger partial charge in [-0.3, -0.25) is 4.79 Å². The summed E-state index contributed by atoms with van der Waals surface area (Å²) in [5, 5.41) is 0.900. The highest BCUT2D eigenvalue weighted by molar-refractivity contribution is 8.07. The number of nitrogens with zero attached hydrogens (tertiary/aromatic N) is 1. The van der Waals surface area contributed by atoms with E-state index in [1.807, 2.05) is 0 Å². The lowest BCUT2D eigenvalue weighted by Gasteiger charge is -2.22. The molecule has 1 heterocycles. The predicted octanol–water partition coefficient (Wildman–Crippen LogP) is 5.98. The first-order valence-electron chi connectivity index (χ1n) is 8.95. The topological polar surface area (TPSA) is 29.5 Å². The van der Waals surface area contributed by atoms with Gasteiger partial charge in [-0.25, -0.2) is 4.39 Å². The number of benzene rings is 1. The van der Waals surface area contributed by atoms with E-state index in [1.54, 1.807) is 17.8 Å². The predicted molar refractivity (Wildman–Crippen MR) is 107 cm³/mol. The second kappa shape index (κ2) is 8.30. The van der Waals surface area contributed by atoms with Crippen molar-refractivity contribution in [1.82, 2.24) is 4.90 Å². The molecule has 0 saturated carbocycles. The SMILES string of the molecule is CCCCN1C(=CC(=O)c2cc(F)ccc2OC)SC(C(C)(C)C)=C1C. The summed E-state index contributed by atoms with van der Waals surface area (Å²) in [6.07, 6.45) is 3.74. The zero-order valence-corrected chi connectivity index (χ0v) is 17.3. The summed E-state index contributed by atoms with van der Waals surface area (Å²) in [7, 11) is 1.48. The van der Waals surface area contributed by atoms with Crippen LogP contribution in [0.25, 0.3) is 0 Å². The van der Waals surface area contributed by atoms with Crippen LogP contribution in [0.15, 0.2) is 39.9 Å². The number of carbonyl (C=O) groups is 1. The lowest BCUT2D eigenvalue weighted by Crippen LogP contribution is -2.19. The summed E-state index contributed by atoms with van der Waals surface area (Å²) < 4.78 is 18.9. The third kappa shape index (κ3) is 4.50. The summed E-state index contributed by atoms with van der Waals surface area (Å²) in [5.74, 6) is -0.301. The van der Waals surface area contributed by atoms with Gasteiger partial charge in [-0.05, 0) is 37.0 Å². The van der Waals surface area contributed by atoms with Crippen LogP contribution in [0, 0.1) is 11.2 Å². The van der Waals surface area contributed by atoms with Crippen molar-refractivity contribution >= 4 is 17.5 Å². The highest BCUT2D eigenvalue weighted by Gasteiger charge is 2.32. The van der Waals surface area contributed by atoms with Gasteiger partial charge in [0.2, 0.25) is 0 Å². The number of hydrogen-bond acceptors (Lipinski definition) is 4. The average molecular weight is 378 g/mol. The minimum atomic E-state index is -0.445. The zero-order chi connectivity index (χ0) is 19.5. The molecule has 0 bridgehead atoms. The van der Waals surface area contributed by atoms with E-state index in [-0.39, 0.29) is 16.8 Å². The van der Waals surface area contributed by atoms with Crippen molar-refractivity contribution < 1.29 is 13.9 Å². The molecule has 5 heteroatoms. The fraction of sp³-hybridized carbons (Fsp3) is 0.476. The standard InChI is InChI=1S/C21H28FNO2S/c1-7-8-11-23-14(2)20(21(3,4)5)26-19(23)13-17(24)16-12-15(22)9-10-18(16)25-6/h9-10,12-13H,7-8,11H2,1-6H3. The Morgan fingerprint density at radius 1 is 1.35 bits per heavy atom. The quantitative estimate of drug-likeness (QED) is 0.450. The minimum Gasteiger partial charge on any atom is -0.496 e. The maximum Gasteiger partial charge on any atom is 0.192 e. The van der Waals surface area contributed by atoms with E-state index in [9.17, 15) is 9.18 Å². The lowest BCUT2D eigenvalue weighted by atomic mass is 9.94. The zero-order valence-electron chi connectivity index (χ0n) is 16.5. The molecule has 0 atom stereocenters. The van der Waals surface area contributed by atoms with Gasteiger partial charge < -0.3 is 9.64 Å². The van der Waals surface area contributed by atoms with Crippen molar-refractivity contribution in [2.75, 3.05) is 13.7 Å². The van der Waals surface area contributed by atoms with Gasteiger partial charge in [0.15, 0.2) is 5.78 Å². The third-order valence-corrected chi connectivity index (χ3v) is 5.96. The first kappa shape index (κ1) is 20.6. The molecule has 3 nitrogen and oxygen atoms in total. The van der Waals surface area contributed by atoms with Gasteiger partial charge in [-0.2, -0.15) is 0 Å². The van der Waals surface area contributed by atoms with Crippen molar-refractivity contribution in [3.8, 4) is 5.75 Å². The number of ketones is 1. The fourth-order valence-corrected chi connectivity index (χ4v) is 4.26. The normalized spacial score (nSPS) is 16.6. The molecule has 0 unspecified atom stereocenters. The van der Waals surface area contributed by atoms with E-state index in [2.05, 4.69) is 39.5 Å². The van der Waals surface area contributed by atoms with Crippen LogP contribution < -0.4 is 4.74 Å². The Morgan fingerprint density at radius 2 is 2.04 bits per heavy atom. The summed E-state index contributed by atoms with van der Waals surface area (Å²) >= 11 is 1.64. The van der Waals surface area contributed by atoms with Crippen molar-refractivity contribution in [2.45, 2.75) is 47.5 Å². The molecule has 1 aromatic carbocycles. The Bertz CT molecular complexity index is 747. The first-order valence-corrected chi connectivity index (χ1v) is 9.77. The van der Waals surface area contributed by atoms with Crippen LogP contribution in [0.3, 0.4) is 0 Å². The van der Waals surface area contributed by atoms with E-state index in [0.717, 1.165) is 24.4 Å². The molecule has 0 fully saturated rings. The molecule has 1 aromatic rings. The molecular formula is C21H28FNO2S. The van der Waals surface area contributed by atoms with Gasteiger partial charge in [0.1, 0.15) is 11.6 Å². The molecule has 26 heavy (non-hydrogen) atoms. The second-order valence-corrected chi connectivity index (χ2v) is 8.49. The minimum absolute atomic E-state index is 0.00833. The number of unbranched alkanes of at least 4 members (excludes halogenated alkanes) is 1. The van der Waals surface area contributed by atoms with Crippen LogP contribution >= 0.6 is 11.8 Å². The van der Waals surface area contributed by atoms with Crippen LogP contribution in [0.5, 0.6) is 5.75 Å². The van der Waals surface area contributed by atoms with Gasteiger partial charge in [-0.1, -0.05) is 45.9 Å². The molecule has 0 spiro atoms. The first-order chi connectivity index (χ1) is 12.2. The molecule has 0 saturated heterocycles. The highest BCUT2D eigenvalue weighted by atomic mass is 32.2. The molecule has 142 valence electrons. The Balaban J connectivity index is 2.39. The largest absolute Gasteiger partial charge is 0.496 e. The smallest absolute Gasteiger partial charge is 0.192 e. The molecular weight excluding hydrogens is 349 g/mol. The number of allylic oxidation sites excluding steroid dienone is 3. The van der Waals surface area contributed by atoms with Crippen molar-refractivity contribution in [2.24, 2.45) is 5.41 Å². The van der Waals surface area contributed by atoms with E-state index < -0.39 is 5.82 Å². The van der Waals surface area contributed by atoms with Gasteiger partial charge in [0.25, 0.3) is 0 Å². The number of carbonyl (C=O) groups excluding carboxylic acids is 1. The number of thioether (sulfide) groups is 1. The van der Waals surface area contributed by atoms with Crippen molar-refractivity contribution in [3.05, 3.63) is 51.3 Å². The Morgan fingerprint density at radius 3 is 2.62 bits per heavy atom. The van der Waals surface area contributed by atoms with Gasteiger partial charge >= 0.3 is 0 Å². The van der Waals surface area contributed by atoms with Gasteiger partial charge in [0, 0.05) is 23.2 Å². The molecule has 0 aromatic heterocycles. The molecule has 0 radical (unpaired) electrons. The number of rotatable bonds is 6. The molecule has 0 aliphatic carbocycles. The number of methoxy groups -OCH3 is 1. The Kier molecular flexibility index (Phi) is 6.56. The van der Waals surface area contributed by atoms with E-state index in [4.69, 9.17) is 4.74 Å². The summed E-state index contributed by atoms with van der Waals surface area (Å²) in [6.45, 7) is 11.7. The maximum absolute atomic E-state index is 13.6. The van der Waals surface area contributed by atoms with Crippen LogP contribution in [-0.2, 0) is 0 Å². The van der Waals surface area contributed by atoms with E-state index >= 15 is 0 Å². The average Bonchev–Trinajstić information content (AvgIpc) is 2.88. The van der Waals surface area contributed by atoms with Gasteiger partial charge in [-0.15, -0.1) is 0 Å². The summed E-state index contributed by atoms with van der Waals surface area (Å²) in [4.78, 5) is 16.3. The van der Waals surface area contributed by atoms with Crippen molar-refractivity contribution in [3.63, 3.8) is 0 Å². The van der Waals surface area contributed by atoms with Crippen LogP contribution in [0.2, 0.25) is 0 Å². The molecule has 1 aliphatic heterocycles. The molecule has 0 N–H and O–H groups in total. The highest BCUT2D eigenvalue weighted by Crippen LogP contribution is 2.49. The number of ether oxygens (including phenoxy) is 1. The fourth-order valence-electron chi connectivity index (χ4n) is 2.98. The van der Waals surface area contributed by atoms with E-state index in [1.165, 1.54) is 35.9 Å². The van der Waals surface area contributed by atoms with Gasteiger partial charge in [0.05, 0.1) is 17.7 Å². The number of halogens is 1. The second-order valence-electron chi connectivity index (χ2n) is 7.46. The van der Waals surface area contributed by atoms with Crippen LogP contribution in [0.1, 0.15) is 57.8 Å². The summed E-state index contributed by atoms with van der Waals surface area (Å²) in [6, 6.07) is 4.02. The van der Waals surface area contributed by atoms with Crippen LogP contribution in [-0.4, -0.2) is 24.3 Å². The summed E-state index contributed by atoms with van der Waals surface area (Å²) in [5.41, 5.74) is 1.45. The van der Waals surface area contributed by atoms with Crippen LogP contribution in [0.4, 0.5) is 4.39 Å². The monoisotopic (exact) mass is 377 g/mol. The number of hydrogen-bond donors (Lipinski definition) is 0. The molecule has 1 aliphatic rings. The Hall–Kier alpha value is -1.75. The lowest BCUT2D eigenvalue weighted by molar-refractivity contribution is 0.104. The maximum atomic E-state index is 13.6. The molecule has 2 rings (SSSR count). The van der Waals surface area contributed by atoms with E-state index in [0.29, 0.717) is 5.75 Å². The Labute approximate surface area is 160 Å².